The van der Waals surface area contributed by atoms with Crippen molar-refractivity contribution in [2.24, 2.45) is 0 Å². The topological polar surface area (TPSA) is 74.8 Å². The van der Waals surface area contributed by atoms with Crippen molar-refractivity contribution in [1.82, 2.24) is 10.6 Å². The van der Waals surface area contributed by atoms with Gasteiger partial charge in [-0.3, -0.25) is 10.1 Å². The molecule has 0 spiro atoms. The third kappa shape index (κ3) is 6.21. The highest BCUT2D eigenvalue weighted by molar-refractivity contribution is 6.30. The smallest absolute Gasteiger partial charge is 0.321 e. The van der Waals surface area contributed by atoms with Crippen LogP contribution in [0.2, 0.25) is 5.02 Å². The molecule has 0 aromatic heterocycles. The van der Waals surface area contributed by atoms with Gasteiger partial charge in [-0.25, -0.2) is 4.79 Å². The average Bonchev–Trinajstić information content (AvgIpc) is 2.61. The number of imide groups is 1. The lowest BCUT2D eigenvalue weighted by Gasteiger charge is -2.15. The number of rotatable bonds is 7. The Bertz CT molecular complexity index is 690. The maximum atomic E-state index is 12.5. The predicted octanol–water partition coefficient (Wildman–Crippen LogP) is 2.03. The first-order chi connectivity index (χ1) is 12.1. The van der Waals surface area contributed by atoms with E-state index in [9.17, 15) is 9.59 Å². The van der Waals surface area contributed by atoms with Crippen molar-refractivity contribution in [3.63, 3.8) is 0 Å². The molecule has 25 heavy (non-hydrogen) atoms. The summed E-state index contributed by atoms with van der Waals surface area (Å²) < 4.78 is 0. The first kappa shape index (κ1) is 19.0. The molecule has 6 heteroatoms. The monoisotopic (exact) mass is 360 g/mol. The number of nitrogens with one attached hydrogen (secondary N) is 2. The zero-order valence-corrected chi connectivity index (χ0v) is 14.9. The van der Waals surface area contributed by atoms with E-state index < -0.39 is 12.1 Å². The van der Waals surface area contributed by atoms with E-state index in [-0.39, 0.29) is 5.91 Å². The van der Waals surface area contributed by atoms with E-state index in [0.717, 1.165) is 17.5 Å². The van der Waals surface area contributed by atoms with Crippen LogP contribution >= 0.6 is 11.6 Å². The van der Waals surface area contributed by atoms with Crippen molar-refractivity contribution in [3.8, 4) is 0 Å². The first-order valence-electron chi connectivity index (χ1n) is 8.31. The Morgan fingerprint density at radius 2 is 1.76 bits per heavy atom. The number of halogens is 1. The Hall–Kier alpha value is -2.37. The van der Waals surface area contributed by atoms with Crippen LogP contribution in [0.1, 0.15) is 24.1 Å². The summed E-state index contributed by atoms with van der Waals surface area (Å²) in [6, 6.07) is 16.2. The summed E-state index contributed by atoms with van der Waals surface area (Å²) in [5.74, 6) is -0.326. The van der Waals surface area contributed by atoms with Gasteiger partial charge in [0.1, 0.15) is 0 Å². The lowest BCUT2D eigenvalue weighted by molar-refractivity contribution is -0.682. The fourth-order valence-electron chi connectivity index (χ4n) is 2.52. The van der Waals surface area contributed by atoms with Gasteiger partial charge in [-0.15, -0.1) is 0 Å². The SMILES string of the molecule is CCNC(=O)NC(=O)[C@H]([NH2+]CCc1ccc(Cl)cc1)c1ccccc1. The highest BCUT2D eigenvalue weighted by Gasteiger charge is 2.25. The fourth-order valence-corrected chi connectivity index (χ4v) is 2.64. The fraction of sp³-hybridized carbons (Fsp3) is 0.263. The standard InChI is InChI=1S/C19H22ClN3O2/c1-2-21-19(25)23-18(24)17(15-6-4-3-5-7-15)22-13-12-14-8-10-16(20)11-9-14/h3-11,17,22H,2,12-13H2,1H3,(H2,21,23,24,25)/p+1/t17-/m1/s1. The zero-order chi connectivity index (χ0) is 18.1. The van der Waals surface area contributed by atoms with E-state index in [2.05, 4.69) is 10.6 Å². The van der Waals surface area contributed by atoms with Crippen LogP contribution in [-0.2, 0) is 11.2 Å². The number of amides is 3. The molecule has 0 saturated heterocycles. The molecule has 2 aromatic carbocycles. The Labute approximate surface area is 152 Å². The number of hydrogen-bond acceptors (Lipinski definition) is 2. The lowest BCUT2D eigenvalue weighted by Crippen LogP contribution is -2.88. The minimum absolute atomic E-state index is 0.326. The number of nitrogens with two attached hydrogens (primary N) is 1. The summed E-state index contributed by atoms with van der Waals surface area (Å²) in [5.41, 5.74) is 2.01. The van der Waals surface area contributed by atoms with Gasteiger partial charge in [0.2, 0.25) is 0 Å². The normalized spacial score (nSPS) is 11.6. The van der Waals surface area contributed by atoms with Crippen LogP contribution in [0.25, 0.3) is 0 Å². The molecule has 0 radical (unpaired) electrons. The van der Waals surface area contributed by atoms with Crippen molar-refractivity contribution < 1.29 is 14.9 Å². The van der Waals surface area contributed by atoms with E-state index in [1.807, 2.05) is 59.9 Å². The van der Waals surface area contributed by atoms with Crippen LogP contribution < -0.4 is 16.0 Å². The van der Waals surface area contributed by atoms with E-state index in [1.165, 1.54) is 0 Å². The van der Waals surface area contributed by atoms with Gasteiger partial charge in [-0.05, 0) is 24.6 Å². The van der Waals surface area contributed by atoms with Crippen molar-refractivity contribution in [3.05, 3.63) is 70.7 Å². The first-order valence-corrected chi connectivity index (χ1v) is 8.69. The molecular weight excluding hydrogens is 338 g/mol. The molecule has 0 saturated carbocycles. The maximum absolute atomic E-state index is 12.5. The number of carbonyl (C=O) groups excluding carboxylic acids is 2. The Morgan fingerprint density at radius 3 is 2.40 bits per heavy atom. The van der Waals surface area contributed by atoms with E-state index in [0.29, 0.717) is 18.1 Å². The summed E-state index contributed by atoms with van der Waals surface area (Å²) in [4.78, 5) is 24.1. The molecule has 0 heterocycles. The highest BCUT2D eigenvalue weighted by Crippen LogP contribution is 2.10. The molecule has 3 amide bonds. The zero-order valence-electron chi connectivity index (χ0n) is 14.2. The Morgan fingerprint density at radius 1 is 1.08 bits per heavy atom. The van der Waals surface area contributed by atoms with E-state index in [1.54, 1.807) is 6.92 Å². The molecule has 0 fully saturated rings. The van der Waals surface area contributed by atoms with Gasteiger partial charge < -0.3 is 10.6 Å². The van der Waals surface area contributed by atoms with Crippen molar-refractivity contribution >= 4 is 23.5 Å². The minimum Gasteiger partial charge on any atom is -0.338 e. The molecule has 0 aliphatic carbocycles. The number of carbonyl (C=O) groups is 2. The summed E-state index contributed by atoms with van der Waals surface area (Å²) in [7, 11) is 0. The van der Waals surface area contributed by atoms with Crippen LogP contribution in [0.5, 0.6) is 0 Å². The second kappa shape index (κ2) is 9.81. The molecule has 2 aromatic rings. The molecule has 0 aliphatic rings. The van der Waals surface area contributed by atoms with Crippen LogP contribution in [-0.4, -0.2) is 25.0 Å². The van der Waals surface area contributed by atoms with Crippen LogP contribution in [0.4, 0.5) is 4.79 Å². The van der Waals surface area contributed by atoms with Crippen LogP contribution in [0.3, 0.4) is 0 Å². The maximum Gasteiger partial charge on any atom is 0.321 e. The van der Waals surface area contributed by atoms with Gasteiger partial charge in [-0.1, -0.05) is 54.1 Å². The van der Waals surface area contributed by atoms with Crippen LogP contribution in [0, 0.1) is 0 Å². The average molecular weight is 361 g/mol. The number of quaternary nitrogens is 1. The largest absolute Gasteiger partial charge is 0.338 e. The highest BCUT2D eigenvalue weighted by atomic mass is 35.5. The van der Waals surface area contributed by atoms with E-state index >= 15 is 0 Å². The van der Waals surface area contributed by atoms with Gasteiger partial charge in [-0.2, -0.15) is 0 Å². The molecule has 1 atom stereocenters. The van der Waals surface area contributed by atoms with Gasteiger partial charge in [0, 0.05) is 23.6 Å². The summed E-state index contributed by atoms with van der Waals surface area (Å²) >= 11 is 5.89. The number of urea groups is 1. The Balaban J connectivity index is 2.00. The summed E-state index contributed by atoms with van der Waals surface area (Å²) in [6.07, 6.45) is 0.801. The molecular formula is C19H23ClN3O2+. The summed E-state index contributed by atoms with van der Waals surface area (Å²) in [5, 5.41) is 7.62. The number of hydrogen-bond donors (Lipinski definition) is 3. The predicted molar refractivity (Wildman–Crippen MR) is 98.3 cm³/mol. The van der Waals surface area contributed by atoms with Crippen molar-refractivity contribution in [2.75, 3.05) is 13.1 Å². The lowest BCUT2D eigenvalue weighted by atomic mass is 10.1. The molecule has 0 unspecified atom stereocenters. The van der Waals surface area contributed by atoms with Crippen molar-refractivity contribution in [1.29, 1.82) is 0 Å². The quantitative estimate of drug-likeness (QED) is 0.706. The molecule has 5 nitrogen and oxygen atoms in total. The van der Waals surface area contributed by atoms with E-state index in [4.69, 9.17) is 11.6 Å². The molecule has 0 aliphatic heterocycles. The third-order valence-corrected chi connectivity index (χ3v) is 4.02. The van der Waals surface area contributed by atoms with Gasteiger partial charge in [0.15, 0.2) is 6.04 Å². The molecule has 4 N–H and O–H groups in total. The summed E-state index contributed by atoms with van der Waals surface area (Å²) in [6.45, 7) is 2.98. The minimum atomic E-state index is -0.476. The third-order valence-electron chi connectivity index (χ3n) is 3.76. The second-order valence-electron chi connectivity index (χ2n) is 5.64. The Kier molecular flexibility index (Phi) is 7.44. The van der Waals surface area contributed by atoms with Crippen LogP contribution in [0.15, 0.2) is 54.6 Å². The molecule has 2 rings (SSSR count). The molecule has 132 valence electrons. The number of benzene rings is 2. The van der Waals surface area contributed by atoms with Gasteiger partial charge in [0.25, 0.3) is 5.91 Å². The second-order valence-corrected chi connectivity index (χ2v) is 6.07. The molecule has 0 bridgehead atoms. The van der Waals surface area contributed by atoms with Gasteiger partial charge >= 0.3 is 6.03 Å². The van der Waals surface area contributed by atoms with Gasteiger partial charge in [0.05, 0.1) is 6.54 Å². The van der Waals surface area contributed by atoms with Crippen molar-refractivity contribution in [2.45, 2.75) is 19.4 Å².